The maximum Gasteiger partial charge on any atom is 0.374 e. The van der Waals surface area contributed by atoms with E-state index in [2.05, 4.69) is 4.74 Å². The molecule has 0 unspecified atom stereocenters. The number of Topliss-reactive ketones (excluding diaryl/α,β-unsaturated/α-hetero) is 2. The van der Waals surface area contributed by atoms with Crippen LogP contribution in [0.15, 0.2) is 0 Å². The number of hydrogen-bond acceptors (Lipinski definition) is 5. The summed E-state index contributed by atoms with van der Waals surface area (Å²) in [5, 5.41) is 0. The van der Waals surface area contributed by atoms with Gasteiger partial charge in [-0.3, -0.25) is 9.59 Å². The average molecular weight is 202 g/mol. The molecule has 5 nitrogen and oxygen atoms in total. The number of carbonyl (C=O) groups is 3. The summed E-state index contributed by atoms with van der Waals surface area (Å²) in [7, 11) is 1.10. The Morgan fingerprint density at radius 2 is 1.86 bits per heavy atom. The van der Waals surface area contributed by atoms with Gasteiger partial charge in [-0.25, -0.2) is 4.79 Å². The molecule has 0 aliphatic rings. The summed E-state index contributed by atoms with van der Waals surface area (Å²) in [4.78, 5) is 32.5. The van der Waals surface area contributed by atoms with E-state index in [0.717, 1.165) is 7.11 Å². The maximum atomic E-state index is 11.0. The van der Waals surface area contributed by atoms with E-state index in [9.17, 15) is 14.4 Å². The van der Waals surface area contributed by atoms with Crippen molar-refractivity contribution in [3.63, 3.8) is 0 Å². The summed E-state index contributed by atoms with van der Waals surface area (Å²) >= 11 is 0. The Labute approximate surface area is 82.4 Å². The minimum Gasteiger partial charge on any atom is -0.463 e. The van der Waals surface area contributed by atoms with Gasteiger partial charge in [-0.15, -0.1) is 0 Å². The van der Waals surface area contributed by atoms with E-state index in [1.807, 2.05) is 6.92 Å². The molecule has 14 heavy (non-hydrogen) atoms. The number of ketones is 2. The van der Waals surface area contributed by atoms with Gasteiger partial charge in [0, 0.05) is 13.0 Å². The van der Waals surface area contributed by atoms with Crippen LogP contribution in [0.25, 0.3) is 0 Å². The molecule has 0 saturated heterocycles. The van der Waals surface area contributed by atoms with Gasteiger partial charge in [0.25, 0.3) is 0 Å². The van der Waals surface area contributed by atoms with Crippen molar-refractivity contribution in [1.29, 1.82) is 0 Å². The summed E-state index contributed by atoms with van der Waals surface area (Å²) in [5.74, 6) is -2.10. The maximum absolute atomic E-state index is 11.0. The predicted octanol–water partition coefficient (Wildman–Crippen LogP) is 0.114. The third-order valence-corrected chi connectivity index (χ3v) is 1.50. The van der Waals surface area contributed by atoms with Gasteiger partial charge in [0.15, 0.2) is 0 Å². The zero-order chi connectivity index (χ0) is 11.0. The van der Waals surface area contributed by atoms with E-state index < -0.39 is 18.2 Å². The fourth-order valence-corrected chi connectivity index (χ4v) is 0.784. The van der Waals surface area contributed by atoms with Crippen molar-refractivity contribution in [3.05, 3.63) is 0 Å². The molecule has 0 amide bonds. The molecular formula is C9H14O5. The molecule has 0 spiro atoms. The van der Waals surface area contributed by atoms with E-state index in [4.69, 9.17) is 4.74 Å². The zero-order valence-corrected chi connectivity index (χ0v) is 8.37. The van der Waals surface area contributed by atoms with E-state index in [-0.39, 0.29) is 18.8 Å². The lowest BCUT2D eigenvalue weighted by atomic mass is 10.1. The van der Waals surface area contributed by atoms with Crippen molar-refractivity contribution in [1.82, 2.24) is 0 Å². The second-order valence-electron chi connectivity index (χ2n) is 2.58. The first-order chi connectivity index (χ1) is 6.61. The lowest BCUT2D eigenvalue weighted by molar-refractivity contribution is -0.152. The highest BCUT2D eigenvalue weighted by molar-refractivity contribution is 6.37. The Balaban J connectivity index is 3.72. The molecule has 0 N–H and O–H groups in total. The van der Waals surface area contributed by atoms with Gasteiger partial charge in [0.2, 0.25) is 5.78 Å². The lowest BCUT2D eigenvalue weighted by Crippen LogP contribution is -2.19. The molecule has 0 heterocycles. The van der Waals surface area contributed by atoms with Crippen molar-refractivity contribution < 1.29 is 23.9 Å². The molecule has 0 radical (unpaired) electrons. The molecule has 0 rings (SSSR count). The summed E-state index contributed by atoms with van der Waals surface area (Å²) in [6.45, 7) is 2.62. The van der Waals surface area contributed by atoms with Crippen molar-refractivity contribution in [3.8, 4) is 0 Å². The summed E-state index contributed by atoms with van der Waals surface area (Å²) in [6.07, 6.45) is -0.254. The molecule has 0 atom stereocenters. The lowest BCUT2D eigenvalue weighted by Gasteiger charge is -2.00. The van der Waals surface area contributed by atoms with Crippen LogP contribution in [-0.4, -0.2) is 37.9 Å². The predicted molar refractivity (Wildman–Crippen MR) is 47.8 cm³/mol. The molecule has 0 aromatic heterocycles. The molecule has 0 saturated carbocycles. The van der Waals surface area contributed by atoms with Crippen molar-refractivity contribution in [2.45, 2.75) is 19.8 Å². The Hall–Kier alpha value is -1.23. The van der Waals surface area contributed by atoms with Crippen LogP contribution in [0.3, 0.4) is 0 Å². The van der Waals surface area contributed by atoms with E-state index in [1.54, 1.807) is 0 Å². The fraction of sp³-hybridized carbons (Fsp3) is 0.667. The van der Waals surface area contributed by atoms with E-state index in [1.165, 1.54) is 0 Å². The van der Waals surface area contributed by atoms with Gasteiger partial charge in [0.1, 0.15) is 5.78 Å². The number of rotatable bonds is 7. The minimum atomic E-state index is -0.977. The van der Waals surface area contributed by atoms with Crippen molar-refractivity contribution >= 4 is 17.5 Å². The van der Waals surface area contributed by atoms with Gasteiger partial charge in [-0.05, 0) is 6.92 Å². The molecule has 0 bridgehead atoms. The number of ether oxygens (including phenoxy) is 2. The standard InChI is InChI=1S/C9H14O5/c1-3-14-5-4-7(10)6-8(11)9(12)13-2/h3-6H2,1-2H3. The van der Waals surface area contributed by atoms with Gasteiger partial charge in [0.05, 0.1) is 20.1 Å². The van der Waals surface area contributed by atoms with Crippen molar-refractivity contribution in [2.24, 2.45) is 0 Å². The summed E-state index contributed by atoms with van der Waals surface area (Å²) in [5.41, 5.74) is 0. The van der Waals surface area contributed by atoms with Crippen LogP contribution in [0.5, 0.6) is 0 Å². The molecular weight excluding hydrogens is 188 g/mol. The van der Waals surface area contributed by atoms with E-state index >= 15 is 0 Å². The minimum absolute atomic E-state index is 0.149. The second kappa shape index (κ2) is 7.20. The molecule has 5 heteroatoms. The first kappa shape index (κ1) is 12.8. The van der Waals surface area contributed by atoms with Crippen molar-refractivity contribution in [2.75, 3.05) is 20.3 Å². The topological polar surface area (TPSA) is 69.7 Å². The Morgan fingerprint density at radius 3 is 2.36 bits per heavy atom. The van der Waals surface area contributed by atoms with Gasteiger partial charge in [-0.1, -0.05) is 0 Å². The van der Waals surface area contributed by atoms with Crippen LogP contribution in [0.1, 0.15) is 19.8 Å². The molecule has 0 aromatic carbocycles. The third kappa shape index (κ3) is 5.42. The highest BCUT2D eigenvalue weighted by Gasteiger charge is 2.17. The normalized spacial score (nSPS) is 9.57. The summed E-state index contributed by atoms with van der Waals surface area (Å²) < 4.78 is 9.09. The molecule has 80 valence electrons. The first-order valence-electron chi connectivity index (χ1n) is 4.32. The SMILES string of the molecule is CCOCCC(=O)CC(=O)C(=O)OC. The van der Waals surface area contributed by atoms with E-state index in [0.29, 0.717) is 6.61 Å². The highest BCUT2D eigenvalue weighted by atomic mass is 16.5. The Bertz CT molecular complexity index is 221. The van der Waals surface area contributed by atoms with Gasteiger partial charge >= 0.3 is 5.97 Å². The Morgan fingerprint density at radius 1 is 1.21 bits per heavy atom. The molecule has 0 fully saturated rings. The monoisotopic (exact) mass is 202 g/mol. The number of esters is 1. The van der Waals surface area contributed by atoms with Crippen LogP contribution < -0.4 is 0 Å². The van der Waals surface area contributed by atoms with Crippen LogP contribution >= 0.6 is 0 Å². The fourth-order valence-electron chi connectivity index (χ4n) is 0.784. The number of hydrogen-bond donors (Lipinski definition) is 0. The van der Waals surface area contributed by atoms with Gasteiger partial charge in [-0.2, -0.15) is 0 Å². The largest absolute Gasteiger partial charge is 0.463 e. The number of methoxy groups -OCH3 is 1. The van der Waals surface area contributed by atoms with Gasteiger partial charge < -0.3 is 9.47 Å². The quantitative estimate of drug-likeness (QED) is 0.254. The highest BCUT2D eigenvalue weighted by Crippen LogP contribution is 1.94. The number of carbonyl (C=O) groups excluding carboxylic acids is 3. The second-order valence-corrected chi connectivity index (χ2v) is 2.58. The van der Waals surface area contributed by atoms with Crippen LogP contribution in [0, 0.1) is 0 Å². The molecule has 0 aromatic rings. The first-order valence-corrected chi connectivity index (χ1v) is 4.32. The molecule has 0 aliphatic carbocycles. The smallest absolute Gasteiger partial charge is 0.374 e. The third-order valence-electron chi connectivity index (χ3n) is 1.50. The Kier molecular flexibility index (Phi) is 6.57. The van der Waals surface area contributed by atoms with Crippen LogP contribution in [0.4, 0.5) is 0 Å². The average Bonchev–Trinajstić information content (AvgIpc) is 2.16. The van der Waals surface area contributed by atoms with Crippen LogP contribution in [0.2, 0.25) is 0 Å². The van der Waals surface area contributed by atoms with Crippen LogP contribution in [-0.2, 0) is 23.9 Å². The summed E-state index contributed by atoms with van der Waals surface area (Å²) in [6, 6.07) is 0. The zero-order valence-electron chi connectivity index (χ0n) is 8.37. The molecule has 0 aliphatic heterocycles.